The van der Waals surface area contributed by atoms with E-state index in [0.29, 0.717) is 11.1 Å². The van der Waals surface area contributed by atoms with E-state index in [2.05, 4.69) is 15.7 Å². The predicted molar refractivity (Wildman–Crippen MR) is 54.5 cm³/mol. The molecule has 0 atom stereocenters. The summed E-state index contributed by atoms with van der Waals surface area (Å²) in [4.78, 5) is 3.55. The normalized spacial score (nSPS) is 12.2. The fourth-order valence-corrected chi connectivity index (χ4v) is 1.31. The van der Waals surface area contributed by atoms with Gasteiger partial charge in [0.05, 0.1) is 6.20 Å². The highest BCUT2D eigenvalue weighted by Gasteiger charge is 2.48. The SMILES string of the molecule is C=C(C)c1cncc(OS(=O)(=O)C(F)(F)F)c1. The van der Waals surface area contributed by atoms with Crippen LogP contribution in [0.25, 0.3) is 5.57 Å². The van der Waals surface area contributed by atoms with Crippen LogP contribution in [-0.2, 0) is 10.1 Å². The first-order chi connectivity index (χ1) is 7.63. The lowest BCUT2D eigenvalue weighted by Crippen LogP contribution is -2.28. The van der Waals surface area contributed by atoms with Gasteiger partial charge < -0.3 is 4.18 Å². The third-order valence-corrected chi connectivity index (χ3v) is 2.67. The molecule has 0 saturated heterocycles. The third-order valence-electron chi connectivity index (χ3n) is 1.70. The van der Waals surface area contributed by atoms with Gasteiger partial charge in [-0.15, -0.1) is 0 Å². The first-order valence-electron chi connectivity index (χ1n) is 4.25. The molecule has 0 unspecified atom stereocenters. The van der Waals surface area contributed by atoms with Gasteiger partial charge in [0.15, 0.2) is 5.75 Å². The van der Waals surface area contributed by atoms with Gasteiger partial charge in [-0.1, -0.05) is 6.58 Å². The standard InChI is InChI=1S/C9H8F3NO3S/c1-6(2)7-3-8(5-13-4-7)16-17(14,15)9(10,11)12/h3-5H,1H2,2H3. The molecule has 4 nitrogen and oxygen atoms in total. The molecule has 1 heterocycles. The lowest BCUT2D eigenvalue weighted by atomic mass is 10.1. The van der Waals surface area contributed by atoms with E-state index in [1.807, 2.05) is 0 Å². The second-order valence-electron chi connectivity index (χ2n) is 3.17. The maximum absolute atomic E-state index is 12.0. The van der Waals surface area contributed by atoms with E-state index in [4.69, 9.17) is 0 Å². The highest BCUT2D eigenvalue weighted by Crippen LogP contribution is 2.27. The van der Waals surface area contributed by atoms with E-state index in [1.165, 1.54) is 6.20 Å². The van der Waals surface area contributed by atoms with Crippen molar-refractivity contribution in [1.29, 1.82) is 0 Å². The smallest absolute Gasteiger partial charge is 0.374 e. The summed E-state index contributed by atoms with van der Waals surface area (Å²) in [5.74, 6) is -0.511. The monoisotopic (exact) mass is 267 g/mol. The molecule has 94 valence electrons. The van der Waals surface area contributed by atoms with E-state index < -0.39 is 21.4 Å². The van der Waals surface area contributed by atoms with Crippen LogP contribution in [0.2, 0.25) is 0 Å². The maximum Gasteiger partial charge on any atom is 0.534 e. The molecule has 0 N–H and O–H groups in total. The second-order valence-corrected chi connectivity index (χ2v) is 4.71. The summed E-state index contributed by atoms with van der Waals surface area (Å²) in [7, 11) is -5.66. The predicted octanol–water partition coefficient (Wildman–Crippen LogP) is 2.34. The van der Waals surface area contributed by atoms with Crippen molar-refractivity contribution in [2.24, 2.45) is 0 Å². The number of halogens is 3. The Balaban J connectivity index is 3.05. The number of hydrogen-bond acceptors (Lipinski definition) is 4. The molecule has 17 heavy (non-hydrogen) atoms. The number of aromatic nitrogens is 1. The molecule has 0 bridgehead atoms. The summed E-state index contributed by atoms with van der Waals surface area (Å²) in [6, 6.07) is 1.11. The Morgan fingerprint density at radius 1 is 1.41 bits per heavy atom. The van der Waals surface area contributed by atoms with Crippen LogP contribution >= 0.6 is 0 Å². The van der Waals surface area contributed by atoms with Crippen molar-refractivity contribution in [2.75, 3.05) is 0 Å². The van der Waals surface area contributed by atoms with Crippen molar-refractivity contribution in [3.8, 4) is 5.75 Å². The Kier molecular flexibility index (Phi) is 3.46. The molecule has 0 spiro atoms. The quantitative estimate of drug-likeness (QED) is 0.623. The third kappa shape index (κ3) is 3.19. The summed E-state index contributed by atoms with van der Waals surface area (Å²) < 4.78 is 61.4. The van der Waals surface area contributed by atoms with Crippen LogP contribution < -0.4 is 4.18 Å². The number of rotatable bonds is 3. The summed E-state index contributed by atoms with van der Waals surface area (Å²) in [6.07, 6.45) is 2.20. The van der Waals surface area contributed by atoms with Gasteiger partial charge in [-0.3, -0.25) is 4.98 Å². The molecule has 0 aromatic carbocycles. The zero-order chi connectivity index (χ0) is 13.3. The van der Waals surface area contributed by atoms with Gasteiger partial charge in [0.25, 0.3) is 0 Å². The molecule has 8 heteroatoms. The highest BCUT2D eigenvalue weighted by atomic mass is 32.2. The van der Waals surface area contributed by atoms with Crippen molar-refractivity contribution in [2.45, 2.75) is 12.4 Å². The van der Waals surface area contributed by atoms with Crippen LogP contribution in [-0.4, -0.2) is 18.9 Å². The van der Waals surface area contributed by atoms with Gasteiger partial charge >= 0.3 is 15.6 Å². The van der Waals surface area contributed by atoms with E-state index in [9.17, 15) is 21.6 Å². The number of pyridine rings is 1. The van der Waals surface area contributed by atoms with Gasteiger partial charge in [-0.25, -0.2) is 0 Å². The first kappa shape index (κ1) is 13.5. The Hall–Kier alpha value is -1.57. The zero-order valence-electron chi connectivity index (χ0n) is 8.65. The van der Waals surface area contributed by atoms with Gasteiger partial charge in [-0.2, -0.15) is 21.6 Å². The van der Waals surface area contributed by atoms with Crippen molar-refractivity contribution < 1.29 is 25.8 Å². The summed E-state index contributed by atoms with van der Waals surface area (Å²) >= 11 is 0. The fourth-order valence-electron chi connectivity index (χ4n) is 0.872. The Bertz CT molecular complexity index is 537. The van der Waals surface area contributed by atoms with Crippen LogP contribution in [0.3, 0.4) is 0 Å². The topological polar surface area (TPSA) is 56.3 Å². The van der Waals surface area contributed by atoms with Crippen LogP contribution in [0.5, 0.6) is 5.75 Å². The molecule has 0 fully saturated rings. The highest BCUT2D eigenvalue weighted by molar-refractivity contribution is 7.87. The molecule has 0 radical (unpaired) electrons. The Labute approximate surface area is 95.9 Å². The van der Waals surface area contributed by atoms with Gasteiger partial charge in [0.2, 0.25) is 0 Å². The summed E-state index contributed by atoms with van der Waals surface area (Å²) in [5.41, 5.74) is -4.56. The number of alkyl halides is 3. The average Bonchev–Trinajstić information content (AvgIpc) is 2.15. The van der Waals surface area contributed by atoms with Crippen molar-refractivity contribution in [3.63, 3.8) is 0 Å². The minimum atomic E-state index is -5.66. The molecule has 1 aromatic rings. The molecule has 1 aromatic heterocycles. The number of hydrogen-bond donors (Lipinski definition) is 0. The van der Waals surface area contributed by atoms with Gasteiger partial charge in [-0.05, 0) is 24.1 Å². The van der Waals surface area contributed by atoms with Crippen molar-refractivity contribution in [3.05, 3.63) is 30.6 Å². The first-order valence-corrected chi connectivity index (χ1v) is 5.66. The van der Waals surface area contributed by atoms with Crippen molar-refractivity contribution >= 4 is 15.7 Å². The molecular weight excluding hydrogens is 259 g/mol. The number of nitrogens with zero attached hydrogens (tertiary/aromatic N) is 1. The number of allylic oxidation sites excluding steroid dienone is 1. The molecule has 0 amide bonds. The molecule has 0 aliphatic carbocycles. The Morgan fingerprint density at radius 3 is 2.47 bits per heavy atom. The van der Waals surface area contributed by atoms with Crippen LogP contribution in [0.4, 0.5) is 13.2 Å². The van der Waals surface area contributed by atoms with Crippen LogP contribution in [0.15, 0.2) is 25.0 Å². The summed E-state index contributed by atoms with van der Waals surface area (Å²) in [6.45, 7) is 5.14. The average molecular weight is 267 g/mol. The van der Waals surface area contributed by atoms with Gasteiger partial charge in [0, 0.05) is 6.20 Å². The van der Waals surface area contributed by atoms with E-state index in [-0.39, 0.29) is 0 Å². The lowest BCUT2D eigenvalue weighted by molar-refractivity contribution is -0.0500. The molecule has 0 aliphatic rings. The molecular formula is C9H8F3NO3S. The van der Waals surface area contributed by atoms with Crippen LogP contribution in [0, 0.1) is 0 Å². The summed E-state index contributed by atoms with van der Waals surface area (Å²) in [5, 5.41) is 0. The van der Waals surface area contributed by atoms with E-state index >= 15 is 0 Å². The molecule has 1 rings (SSSR count). The largest absolute Gasteiger partial charge is 0.534 e. The molecule has 0 saturated carbocycles. The second kappa shape index (κ2) is 4.36. The zero-order valence-corrected chi connectivity index (χ0v) is 9.47. The maximum atomic E-state index is 12.0. The fraction of sp³-hybridized carbons (Fsp3) is 0.222. The minimum Gasteiger partial charge on any atom is -0.374 e. The molecule has 0 aliphatic heterocycles. The lowest BCUT2D eigenvalue weighted by Gasteiger charge is -2.09. The van der Waals surface area contributed by atoms with E-state index in [0.717, 1.165) is 12.3 Å². The van der Waals surface area contributed by atoms with Crippen LogP contribution in [0.1, 0.15) is 12.5 Å². The van der Waals surface area contributed by atoms with E-state index in [1.54, 1.807) is 6.92 Å². The van der Waals surface area contributed by atoms with Crippen molar-refractivity contribution in [1.82, 2.24) is 4.98 Å². The van der Waals surface area contributed by atoms with Gasteiger partial charge in [0.1, 0.15) is 0 Å². The minimum absolute atomic E-state index is 0.389. The Morgan fingerprint density at radius 2 is 2.00 bits per heavy atom.